The zero-order chi connectivity index (χ0) is 24.6. The third-order valence-corrected chi connectivity index (χ3v) is 5.67. The number of anilines is 1. The number of ether oxygens (including phenoxy) is 2. The molecule has 0 aliphatic heterocycles. The molecule has 1 N–H and O–H groups in total. The first kappa shape index (κ1) is 24.5. The molecule has 34 heavy (non-hydrogen) atoms. The number of carbonyl (C=O) groups excluding carboxylic acids is 2. The lowest BCUT2D eigenvalue weighted by Gasteiger charge is -2.21. The molecule has 0 aliphatic rings. The molecule has 0 saturated carbocycles. The van der Waals surface area contributed by atoms with Gasteiger partial charge in [-0.25, -0.2) is 18.6 Å². The summed E-state index contributed by atoms with van der Waals surface area (Å²) in [6, 6.07) is 21.9. The summed E-state index contributed by atoms with van der Waals surface area (Å²) >= 11 is 0. The largest absolute Gasteiger partial charge is 0.465 e. The van der Waals surface area contributed by atoms with Crippen LogP contribution in [0.15, 0.2) is 84.0 Å². The van der Waals surface area contributed by atoms with Crippen molar-refractivity contribution in [2.45, 2.75) is 0 Å². The summed E-state index contributed by atoms with van der Waals surface area (Å²) in [4.78, 5) is 23.8. The van der Waals surface area contributed by atoms with Crippen molar-refractivity contribution < 1.29 is 27.5 Å². The molecule has 3 aromatic carbocycles. The fraction of sp³-hybridized carbons (Fsp3) is 0.125. The lowest BCUT2D eigenvalue weighted by atomic mass is 10.1. The van der Waals surface area contributed by atoms with E-state index < -0.39 is 28.4 Å². The number of amides is 1. The fourth-order valence-electron chi connectivity index (χ4n) is 2.87. The van der Waals surface area contributed by atoms with Gasteiger partial charge in [0.2, 0.25) is 10.0 Å². The van der Waals surface area contributed by atoms with Gasteiger partial charge < -0.3 is 9.47 Å². The number of hydrazone groups is 1. The quantitative estimate of drug-likeness (QED) is 0.285. The maximum atomic E-state index is 12.3. The molecule has 1 amide bonds. The number of benzene rings is 3. The summed E-state index contributed by atoms with van der Waals surface area (Å²) in [5, 5.41) is 3.84. The average Bonchev–Trinajstić information content (AvgIpc) is 2.83. The van der Waals surface area contributed by atoms with E-state index >= 15 is 0 Å². The summed E-state index contributed by atoms with van der Waals surface area (Å²) in [5.41, 5.74) is 3.62. The van der Waals surface area contributed by atoms with Crippen LogP contribution in [0.5, 0.6) is 11.5 Å². The normalized spacial score (nSPS) is 11.1. The molecule has 3 rings (SSSR count). The minimum atomic E-state index is -3.74. The third-order valence-electron chi connectivity index (χ3n) is 4.53. The van der Waals surface area contributed by atoms with E-state index in [0.29, 0.717) is 28.3 Å². The van der Waals surface area contributed by atoms with Gasteiger partial charge in [-0.2, -0.15) is 5.10 Å². The Kier molecular flexibility index (Phi) is 7.99. The second kappa shape index (κ2) is 11.1. The highest BCUT2D eigenvalue weighted by atomic mass is 32.2. The Morgan fingerprint density at radius 3 is 2.15 bits per heavy atom. The van der Waals surface area contributed by atoms with Gasteiger partial charge in [0.1, 0.15) is 18.0 Å². The van der Waals surface area contributed by atoms with Gasteiger partial charge in [-0.1, -0.05) is 30.3 Å². The van der Waals surface area contributed by atoms with Gasteiger partial charge >= 0.3 is 5.97 Å². The first-order valence-corrected chi connectivity index (χ1v) is 11.9. The van der Waals surface area contributed by atoms with Gasteiger partial charge in [0.15, 0.2) is 0 Å². The molecule has 0 aromatic heterocycles. The minimum Gasteiger partial charge on any atom is -0.465 e. The Labute approximate surface area is 197 Å². The predicted molar refractivity (Wildman–Crippen MR) is 129 cm³/mol. The number of para-hydroxylation sites is 1. The van der Waals surface area contributed by atoms with Crippen LogP contribution in [0.4, 0.5) is 5.69 Å². The van der Waals surface area contributed by atoms with Gasteiger partial charge in [-0.05, 0) is 54.1 Å². The van der Waals surface area contributed by atoms with Crippen molar-refractivity contribution in [3.05, 3.63) is 90.0 Å². The predicted octanol–water partition coefficient (Wildman–Crippen LogP) is 3.18. The van der Waals surface area contributed by atoms with E-state index in [0.717, 1.165) is 10.6 Å². The van der Waals surface area contributed by atoms with Crippen molar-refractivity contribution in [1.82, 2.24) is 5.43 Å². The van der Waals surface area contributed by atoms with Crippen LogP contribution in [0, 0.1) is 0 Å². The molecule has 0 unspecified atom stereocenters. The van der Waals surface area contributed by atoms with Gasteiger partial charge in [0, 0.05) is 0 Å². The standard InChI is InChI=1S/C24H23N3O6S/c1-32-24(29)19-10-8-18(9-11-19)16-25-26-23(28)17-27(34(2,30)31)20-12-14-22(15-13-20)33-21-6-4-3-5-7-21/h3-16H,17H2,1-2H3,(H,26,28). The SMILES string of the molecule is COC(=O)c1ccc(C=NNC(=O)CN(c2ccc(Oc3ccccc3)cc2)S(C)(=O)=O)cc1. The van der Waals surface area contributed by atoms with E-state index in [2.05, 4.69) is 15.3 Å². The number of nitrogens with zero attached hydrogens (tertiary/aromatic N) is 2. The molecule has 3 aromatic rings. The lowest BCUT2D eigenvalue weighted by molar-refractivity contribution is -0.119. The van der Waals surface area contributed by atoms with Gasteiger partial charge in [-0.15, -0.1) is 0 Å². The summed E-state index contributed by atoms with van der Waals surface area (Å²) in [6.45, 7) is -0.462. The highest BCUT2D eigenvalue weighted by Crippen LogP contribution is 2.25. The summed E-state index contributed by atoms with van der Waals surface area (Å²) in [6.07, 6.45) is 2.39. The number of methoxy groups -OCH3 is 1. The number of hydrogen-bond donors (Lipinski definition) is 1. The van der Waals surface area contributed by atoms with E-state index in [4.69, 9.17) is 4.74 Å². The molecule has 0 fully saturated rings. The number of hydrogen-bond acceptors (Lipinski definition) is 7. The van der Waals surface area contributed by atoms with Crippen molar-refractivity contribution >= 4 is 33.8 Å². The second-order valence-corrected chi connectivity index (χ2v) is 8.99. The first-order valence-electron chi connectivity index (χ1n) is 10.1. The molecule has 0 heterocycles. The van der Waals surface area contributed by atoms with Crippen LogP contribution in [0.2, 0.25) is 0 Å². The fourth-order valence-corrected chi connectivity index (χ4v) is 3.73. The molecule has 10 heteroatoms. The molecular formula is C24H23N3O6S. The van der Waals surface area contributed by atoms with Crippen LogP contribution in [0.1, 0.15) is 15.9 Å². The monoisotopic (exact) mass is 481 g/mol. The van der Waals surface area contributed by atoms with Crippen LogP contribution in [-0.2, 0) is 19.6 Å². The Bertz CT molecular complexity index is 1260. The maximum absolute atomic E-state index is 12.3. The highest BCUT2D eigenvalue weighted by molar-refractivity contribution is 7.92. The number of sulfonamides is 1. The molecule has 0 aliphatic carbocycles. The second-order valence-electron chi connectivity index (χ2n) is 7.09. The van der Waals surface area contributed by atoms with Crippen molar-refractivity contribution in [3.8, 4) is 11.5 Å². The van der Waals surface area contributed by atoms with Crippen LogP contribution in [-0.4, -0.2) is 46.4 Å². The van der Waals surface area contributed by atoms with E-state index in [1.54, 1.807) is 60.7 Å². The lowest BCUT2D eigenvalue weighted by Crippen LogP contribution is -2.39. The topological polar surface area (TPSA) is 114 Å². The molecular weight excluding hydrogens is 458 g/mol. The molecule has 0 atom stereocenters. The molecule has 9 nitrogen and oxygen atoms in total. The number of nitrogens with one attached hydrogen (secondary N) is 1. The first-order chi connectivity index (χ1) is 16.3. The average molecular weight is 482 g/mol. The van der Waals surface area contributed by atoms with Crippen molar-refractivity contribution in [3.63, 3.8) is 0 Å². The van der Waals surface area contributed by atoms with E-state index in [1.807, 2.05) is 18.2 Å². The summed E-state index contributed by atoms with van der Waals surface area (Å²) in [5.74, 6) is 0.0813. The third kappa shape index (κ3) is 6.91. The van der Waals surface area contributed by atoms with E-state index in [1.165, 1.54) is 13.3 Å². The highest BCUT2D eigenvalue weighted by Gasteiger charge is 2.20. The van der Waals surface area contributed by atoms with Gasteiger partial charge in [-0.3, -0.25) is 9.10 Å². The van der Waals surface area contributed by atoms with Crippen LogP contribution in [0.3, 0.4) is 0 Å². The number of carbonyl (C=O) groups is 2. The number of esters is 1. The molecule has 176 valence electrons. The number of rotatable bonds is 9. The Morgan fingerprint density at radius 2 is 1.56 bits per heavy atom. The van der Waals surface area contributed by atoms with Gasteiger partial charge in [0.05, 0.1) is 30.8 Å². The molecule has 0 bridgehead atoms. The van der Waals surface area contributed by atoms with E-state index in [9.17, 15) is 18.0 Å². The summed E-state index contributed by atoms with van der Waals surface area (Å²) in [7, 11) is -2.45. The molecule has 0 radical (unpaired) electrons. The van der Waals surface area contributed by atoms with Crippen molar-refractivity contribution in [1.29, 1.82) is 0 Å². The zero-order valence-corrected chi connectivity index (χ0v) is 19.4. The Balaban J connectivity index is 1.63. The van der Waals surface area contributed by atoms with E-state index in [-0.39, 0.29) is 0 Å². The van der Waals surface area contributed by atoms with Crippen molar-refractivity contribution in [2.75, 3.05) is 24.2 Å². The summed E-state index contributed by atoms with van der Waals surface area (Å²) < 4.78 is 35.9. The van der Waals surface area contributed by atoms with Gasteiger partial charge in [0.25, 0.3) is 5.91 Å². The maximum Gasteiger partial charge on any atom is 0.337 e. The zero-order valence-electron chi connectivity index (χ0n) is 18.5. The minimum absolute atomic E-state index is 0.306. The van der Waals surface area contributed by atoms with Crippen LogP contribution >= 0.6 is 0 Å². The molecule has 0 saturated heterocycles. The van der Waals surface area contributed by atoms with Crippen molar-refractivity contribution in [2.24, 2.45) is 5.10 Å². The Morgan fingerprint density at radius 1 is 0.941 bits per heavy atom. The van der Waals surface area contributed by atoms with Crippen LogP contribution < -0.4 is 14.5 Å². The Hall–Kier alpha value is -4.18. The molecule has 0 spiro atoms. The smallest absolute Gasteiger partial charge is 0.337 e. The van der Waals surface area contributed by atoms with Crippen LogP contribution in [0.25, 0.3) is 0 Å².